The zero-order valence-electron chi connectivity index (χ0n) is 13.7. The Labute approximate surface area is 146 Å². The summed E-state index contributed by atoms with van der Waals surface area (Å²) < 4.78 is 50.2. The lowest BCUT2D eigenvalue weighted by Crippen LogP contribution is -2.58. The van der Waals surface area contributed by atoms with Crippen LogP contribution in [0.25, 0.3) is 0 Å². The number of rotatable bonds is 5. The topological polar surface area (TPSA) is 104 Å². The molecule has 0 saturated carbocycles. The second kappa shape index (κ2) is 7.34. The molecule has 0 radical (unpaired) electrons. The molecule has 0 spiro atoms. The van der Waals surface area contributed by atoms with E-state index in [-0.39, 0.29) is 36.7 Å². The van der Waals surface area contributed by atoms with E-state index in [4.69, 9.17) is 0 Å². The highest BCUT2D eigenvalue weighted by molar-refractivity contribution is 9.10. The monoisotopic (exact) mass is 433 g/mol. The summed E-state index contributed by atoms with van der Waals surface area (Å²) in [5.41, 5.74) is -0.598. The molecule has 1 rings (SSSR count). The Bertz CT molecular complexity index is 634. The summed E-state index contributed by atoms with van der Waals surface area (Å²) in [6.07, 6.45) is 1.01. The molecule has 1 aliphatic rings. The number of nitrogens with one attached hydrogen (secondary N) is 1. The Hall–Kier alpha value is -0.230. The first-order chi connectivity index (χ1) is 10.3. The predicted octanol–water partition coefficient (Wildman–Crippen LogP) is -0.223. The smallest absolute Gasteiger partial charge is 0.241 e. The van der Waals surface area contributed by atoms with Crippen LogP contribution < -0.4 is 4.72 Å². The molecule has 0 bridgehead atoms. The summed E-state index contributed by atoms with van der Waals surface area (Å²) in [7, 11) is -6.89. The van der Waals surface area contributed by atoms with Crippen LogP contribution in [0, 0.1) is 5.41 Å². The van der Waals surface area contributed by atoms with Gasteiger partial charge in [-0.1, -0.05) is 36.7 Å². The summed E-state index contributed by atoms with van der Waals surface area (Å²) in [6.45, 7) is 6.22. The van der Waals surface area contributed by atoms with E-state index in [1.54, 1.807) is 20.8 Å². The fraction of sp³-hybridized carbons (Fsp3) is 0.917. The summed E-state index contributed by atoms with van der Waals surface area (Å²) in [6, 6.07) is -0.892. The van der Waals surface area contributed by atoms with Crippen molar-refractivity contribution in [3.63, 3.8) is 0 Å². The highest BCUT2D eigenvalue weighted by atomic mass is 79.9. The Balaban J connectivity index is 2.84. The second-order valence-corrected chi connectivity index (χ2v) is 11.7. The van der Waals surface area contributed by atoms with E-state index in [0.717, 1.165) is 6.26 Å². The fourth-order valence-electron chi connectivity index (χ4n) is 2.25. The maximum absolute atomic E-state index is 12.7. The molecule has 136 valence electrons. The first kappa shape index (κ1) is 20.8. The molecule has 1 saturated heterocycles. The molecule has 1 fully saturated rings. The highest BCUT2D eigenvalue weighted by Crippen LogP contribution is 2.23. The third kappa shape index (κ3) is 5.96. The van der Waals surface area contributed by atoms with Crippen LogP contribution in [0.2, 0.25) is 0 Å². The van der Waals surface area contributed by atoms with Crippen LogP contribution in [0.15, 0.2) is 0 Å². The second-order valence-electron chi connectivity index (χ2n) is 6.63. The molecule has 1 N–H and O–H groups in total. The number of carbonyl (C=O) groups excluding carboxylic acids is 1. The molecule has 1 atom stereocenters. The molecule has 1 amide bonds. The lowest BCUT2D eigenvalue weighted by atomic mass is 9.86. The van der Waals surface area contributed by atoms with Crippen LogP contribution in [0.4, 0.5) is 0 Å². The van der Waals surface area contributed by atoms with Gasteiger partial charge in [0.2, 0.25) is 26.0 Å². The Morgan fingerprint density at radius 1 is 1.13 bits per heavy atom. The van der Waals surface area contributed by atoms with Crippen LogP contribution in [0.5, 0.6) is 0 Å². The predicted molar refractivity (Wildman–Crippen MR) is 92.1 cm³/mol. The first-order valence-electron chi connectivity index (χ1n) is 7.08. The maximum Gasteiger partial charge on any atom is 0.241 e. The first-order valence-corrected chi connectivity index (χ1v) is 11.7. The third-order valence-electron chi connectivity index (χ3n) is 3.53. The van der Waals surface area contributed by atoms with Crippen molar-refractivity contribution in [2.24, 2.45) is 5.41 Å². The van der Waals surface area contributed by atoms with Crippen LogP contribution >= 0.6 is 15.9 Å². The van der Waals surface area contributed by atoms with Crippen LogP contribution in [-0.4, -0.2) is 75.1 Å². The van der Waals surface area contributed by atoms with E-state index >= 15 is 0 Å². The van der Waals surface area contributed by atoms with E-state index in [2.05, 4.69) is 20.7 Å². The number of alkyl halides is 1. The van der Waals surface area contributed by atoms with Gasteiger partial charge in [0, 0.05) is 26.2 Å². The minimum Gasteiger partial charge on any atom is -0.339 e. The molecular weight excluding hydrogens is 410 g/mol. The van der Waals surface area contributed by atoms with Crippen molar-refractivity contribution in [2.75, 3.05) is 37.1 Å². The van der Waals surface area contributed by atoms with Gasteiger partial charge in [0.25, 0.3) is 0 Å². The van der Waals surface area contributed by atoms with E-state index in [1.165, 1.54) is 9.21 Å². The van der Waals surface area contributed by atoms with Gasteiger partial charge >= 0.3 is 0 Å². The van der Waals surface area contributed by atoms with Crippen molar-refractivity contribution >= 4 is 41.9 Å². The third-order valence-corrected chi connectivity index (χ3v) is 7.35. The van der Waals surface area contributed by atoms with Gasteiger partial charge in [-0.15, -0.1) is 0 Å². The average molecular weight is 434 g/mol. The van der Waals surface area contributed by atoms with Crippen molar-refractivity contribution in [2.45, 2.75) is 26.8 Å². The number of hydrogen-bond donors (Lipinski definition) is 1. The van der Waals surface area contributed by atoms with Gasteiger partial charge in [-0.3, -0.25) is 4.79 Å². The van der Waals surface area contributed by atoms with Crippen molar-refractivity contribution in [1.82, 2.24) is 13.9 Å². The summed E-state index contributed by atoms with van der Waals surface area (Å²) in [4.78, 5) is 14.2. The van der Waals surface area contributed by atoms with Gasteiger partial charge in [0.05, 0.1) is 6.26 Å². The quantitative estimate of drug-likeness (QED) is 0.603. The molecule has 11 heteroatoms. The van der Waals surface area contributed by atoms with Gasteiger partial charge in [-0.05, 0) is 5.41 Å². The number of hydrogen-bond acceptors (Lipinski definition) is 5. The molecule has 0 aromatic carbocycles. The van der Waals surface area contributed by atoms with E-state index < -0.39 is 31.5 Å². The molecule has 1 aliphatic heterocycles. The molecule has 8 nitrogen and oxygen atoms in total. The number of amides is 1. The van der Waals surface area contributed by atoms with Gasteiger partial charge in [0.1, 0.15) is 10.7 Å². The lowest BCUT2D eigenvalue weighted by Gasteiger charge is -2.38. The maximum atomic E-state index is 12.7. The average Bonchev–Trinajstić information content (AvgIpc) is 2.42. The van der Waals surface area contributed by atoms with Gasteiger partial charge in [-0.25, -0.2) is 21.6 Å². The zero-order valence-corrected chi connectivity index (χ0v) is 17.0. The number of halogens is 1. The molecular formula is C12H24BrN3O5S2. The molecule has 1 heterocycles. The number of nitrogens with zero attached hydrogens (tertiary/aromatic N) is 2. The highest BCUT2D eigenvalue weighted by Gasteiger charge is 2.38. The number of carbonyl (C=O) groups is 1. The normalized spacial score (nSPS) is 19.6. The van der Waals surface area contributed by atoms with Gasteiger partial charge in [-0.2, -0.15) is 4.31 Å². The van der Waals surface area contributed by atoms with Crippen LogP contribution in [0.1, 0.15) is 20.8 Å². The molecule has 0 aromatic rings. The largest absolute Gasteiger partial charge is 0.339 e. The minimum atomic E-state index is -3.54. The molecule has 0 aliphatic carbocycles. The van der Waals surface area contributed by atoms with Crippen LogP contribution in [-0.2, 0) is 24.8 Å². The number of sulfonamides is 2. The standard InChI is InChI=1S/C12H24BrN3O5S2/c1-12(2,3)10(14-22(4,18)19)11(17)15-5-7-16(8-6-15)23(20,21)9-13/h10,14H,5-9H2,1-4H3/t10-/m1/s1. The number of piperazine rings is 1. The zero-order chi connectivity index (χ0) is 18.1. The van der Waals surface area contributed by atoms with Gasteiger partial charge < -0.3 is 4.90 Å². The molecule has 23 heavy (non-hydrogen) atoms. The summed E-state index contributed by atoms with van der Waals surface area (Å²) >= 11 is 2.95. The van der Waals surface area contributed by atoms with E-state index in [1.807, 2.05) is 0 Å². The lowest BCUT2D eigenvalue weighted by molar-refractivity contribution is -0.136. The van der Waals surface area contributed by atoms with Gasteiger partial charge in [0.15, 0.2) is 0 Å². The van der Waals surface area contributed by atoms with Crippen molar-refractivity contribution in [1.29, 1.82) is 0 Å². The minimum absolute atomic E-state index is 0.159. The fourth-order valence-corrected chi connectivity index (χ4v) is 4.86. The van der Waals surface area contributed by atoms with E-state index in [9.17, 15) is 21.6 Å². The molecule has 0 aromatic heterocycles. The SMILES string of the molecule is CC(C)(C)[C@H](NS(C)(=O)=O)C(=O)N1CCN(S(=O)(=O)CBr)CC1. The Morgan fingerprint density at radius 3 is 1.96 bits per heavy atom. The van der Waals surface area contributed by atoms with Crippen molar-refractivity contribution in [3.8, 4) is 0 Å². The Kier molecular flexibility index (Phi) is 6.64. The van der Waals surface area contributed by atoms with E-state index in [0.29, 0.717) is 0 Å². The summed E-state index contributed by atoms with van der Waals surface area (Å²) in [5.74, 6) is -0.334. The summed E-state index contributed by atoms with van der Waals surface area (Å²) in [5, 5.41) is 0. The Morgan fingerprint density at radius 2 is 1.61 bits per heavy atom. The van der Waals surface area contributed by atoms with Crippen molar-refractivity contribution < 1.29 is 21.6 Å². The van der Waals surface area contributed by atoms with Crippen LogP contribution in [0.3, 0.4) is 0 Å². The molecule has 0 unspecified atom stereocenters. The van der Waals surface area contributed by atoms with Crippen molar-refractivity contribution in [3.05, 3.63) is 0 Å².